The molecule has 0 unspecified atom stereocenters. The molecule has 1 aromatic heterocycles. The fourth-order valence-corrected chi connectivity index (χ4v) is 3.05. The first-order valence-corrected chi connectivity index (χ1v) is 8.84. The van der Waals surface area contributed by atoms with E-state index in [1.54, 1.807) is 0 Å². The summed E-state index contributed by atoms with van der Waals surface area (Å²) in [5, 5.41) is 21.2. The van der Waals surface area contributed by atoms with Crippen LogP contribution >= 0.6 is 23.4 Å². The third kappa shape index (κ3) is 3.93. The Bertz CT molecular complexity index is 1080. The Morgan fingerprint density at radius 1 is 1.33 bits per heavy atom. The fraction of sp³-hybridized carbons (Fsp3) is 0.133. The number of thioether (sulfide) groups is 1. The minimum atomic E-state index is -0.687. The third-order valence-corrected chi connectivity index (χ3v) is 4.71. The standard InChI is InChI=1S/C15H12ClFN6O3S/c16-7-5-6(1-2-8(7)17)21-14(19)11-15(23-26-22-11)27-4-3-20-10-9(18)12(24)13(10)25/h1-2,5,20H,3-4,18H2,(H2,19,21). The molecular weight excluding hydrogens is 399 g/mol. The number of hydrogen-bond donors (Lipinski definition) is 4. The molecule has 0 fully saturated rings. The first-order chi connectivity index (χ1) is 12.9. The summed E-state index contributed by atoms with van der Waals surface area (Å²) in [5.74, 6) is -0.237. The Kier molecular flexibility index (Phi) is 5.42. The van der Waals surface area contributed by atoms with Crippen molar-refractivity contribution in [2.45, 2.75) is 5.03 Å². The van der Waals surface area contributed by atoms with Gasteiger partial charge in [-0.05, 0) is 28.5 Å². The van der Waals surface area contributed by atoms with Crippen LogP contribution in [-0.2, 0) is 0 Å². The summed E-state index contributed by atoms with van der Waals surface area (Å²) in [6, 6.07) is 3.94. The first kappa shape index (κ1) is 18.9. The average Bonchev–Trinajstić information content (AvgIpc) is 3.12. The molecule has 2 aromatic carbocycles. The largest absolute Gasteiger partial charge is 0.394 e. The van der Waals surface area contributed by atoms with Gasteiger partial charge in [-0.3, -0.25) is 15.0 Å². The van der Waals surface area contributed by atoms with Crippen LogP contribution in [-0.4, -0.2) is 28.4 Å². The van der Waals surface area contributed by atoms with Crippen molar-refractivity contribution in [3.8, 4) is 0 Å². The number of rotatable bonds is 7. The van der Waals surface area contributed by atoms with Gasteiger partial charge < -0.3 is 16.4 Å². The van der Waals surface area contributed by atoms with Crippen molar-refractivity contribution in [3.05, 3.63) is 55.2 Å². The smallest absolute Gasteiger partial charge is 0.253 e. The summed E-state index contributed by atoms with van der Waals surface area (Å²) in [6.07, 6.45) is 0. The summed E-state index contributed by atoms with van der Waals surface area (Å²) in [6.45, 7) is 0.334. The number of aromatic nitrogens is 2. The molecule has 140 valence electrons. The second kappa shape index (κ2) is 7.76. The van der Waals surface area contributed by atoms with Gasteiger partial charge in [0.25, 0.3) is 10.9 Å². The molecule has 0 aliphatic carbocycles. The average molecular weight is 411 g/mol. The van der Waals surface area contributed by atoms with E-state index in [-0.39, 0.29) is 27.9 Å². The monoisotopic (exact) mass is 410 g/mol. The zero-order chi connectivity index (χ0) is 19.6. The van der Waals surface area contributed by atoms with E-state index in [0.29, 0.717) is 23.0 Å². The van der Waals surface area contributed by atoms with Crippen molar-refractivity contribution in [2.24, 2.45) is 0 Å². The van der Waals surface area contributed by atoms with Crippen molar-refractivity contribution in [1.82, 2.24) is 10.3 Å². The summed E-state index contributed by atoms with van der Waals surface area (Å²) >= 11 is 6.93. The van der Waals surface area contributed by atoms with E-state index in [0.717, 1.165) is 0 Å². The summed E-state index contributed by atoms with van der Waals surface area (Å²) in [5.41, 5.74) is 4.71. The predicted molar refractivity (Wildman–Crippen MR) is 101 cm³/mol. The molecule has 0 amide bonds. The minimum Gasteiger partial charge on any atom is -0.394 e. The van der Waals surface area contributed by atoms with Crippen LogP contribution in [0.1, 0.15) is 5.69 Å². The van der Waals surface area contributed by atoms with Crippen LogP contribution in [0, 0.1) is 11.2 Å². The third-order valence-electron chi connectivity index (χ3n) is 3.47. The highest BCUT2D eigenvalue weighted by molar-refractivity contribution is 7.99. The van der Waals surface area contributed by atoms with Crippen LogP contribution in [0.2, 0.25) is 5.02 Å². The molecule has 0 aliphatic rings. The van der Waals surface area contributed by atoms with Crippen molar-refractivity contribution in [2.75, 3.05) is 28.7 Å². The Morgan fingerprint density at radius 3 is 2.81 bits per heavy atom. The molecule has 1 heterocycles. The molecule has 0 saturated carbocycles. The van der Waals surface area contributed by atoms with Crippen LogP contribution in [0.15, 0.2) is 37.4 Å². The summed E-state index contributed by atoms with van der Waals surface area (Å²) in [4.78, 5) is 22.3. The van der Waals surface area contributed by atoms with Gasteiger partial charge in [0.1, 0.15) is 17.2 Å². The normalized spacial score (nSPS) is 10.9. The maximum Gasteiger partial charge on any atom is 0.253 e. The molecule has 0 aliphatic heterocycles. The molecule has 0 radical (unpaired) electrons. The molecule has 3 rings (SSSR count). The molecule has 3 aromatic rings. The second-order valence-electron chi connectivity index (χ2n) is 5.27. The Balaban J connectivity index is 1.57. The Labute approximate surface area is 160 Å². The van der Waals surface area contributed by atoms with E-state index >= 15 is 0 Å². The quantitative estimate of drug-likeness (QED) is 0.150. The maximum absolute atomic E-state index is 13.2. The Morgan fingerprint density at radius 2 is 2.11 bits per heavy atom. The van der Waals surface area contributed by atoms with Gasteiger partial charge in [-0.1, -0.05) is 23.4 Å². The van der Waals surface area contributed by atoms with Gasteiger partial charge in [0, 0.05) is 18.0 Å². The number of amidine groups is 1. The molecule has 9 nitrogen and oxygen atoms in total. The molecular formula is C15H12ClFN6O3S. The van der Waals surface area contributed by atoms with Gasteiger partial charge in [-0.15, -0.1) is 0 Å². The number of nitrogens with two attached hydrogens (primary N) is 1. The van der Waals surface area contributed by atoms with Crippen molar-refractivity contribution < 1.29 is 9.02 Å². The van der Waals surface area contributed by atoms with E-state index < -0.39 is 16.7 Å². The number of halogens is 2. The molecule has 0 atom stereocenters. The highest BCUT2D eigenvalue weighted by atomic mass is 35.5. The molecule has 0 spiro atoms. The van der Waals surface area contributed by atoms with Crippen molar-refractivity contribution >= 4 is 46.3 Å². The van der Waals surface area contributed by atoms with Gasteiger partial charge in [-0.25, -0.2) is 9.02 Å². The van der Waals surface area contributed by atoms with Crippen molar-refractivity contribution in [3.63, 3.8) is 0 Å². The molecule has 0 saturated heterocycles. The van der Waals surface area contributed by atoms with E-state index in [1.165, 1.54) is 30.0 Å². The lowest BCUT2D eigenvalue weighted by Gasteiger charge is -2.09. The van der Waals surface area contributed by atoms with Crippen LogP contribution in [0.4, 0.5) is 21.5 Å². The summed E-state index contributed by atoms with van der Waals surface area (Å²) in [7, 11) is 0. The van der Waals surface area contributed by atoms with Gasteiger partial charge >= 0.3 is 0 Å². The molecule has 5 N–H and O–H groups in total. The predicted octanol–water partition coefficient (Wildman–Crippen LogP) is 1.68. The van der Waals surface area contributed by atoms with Gasteiger partial charge in [0.05, 0.1) is 5.02 Å². The van der Waals surface area contributed by atoms with Gasteiger partial charge in [0.2, 0.25) is 0 Å². The number of nitrogens with one attached hydrogen (secondary N) is 3. The van der Waals surface area contributed by atoms with E-state index in [4.69, 9.17) is 22.7 Å². The van der Waals surface area contributed by atoms with Gasteiger partial charge in [-0.2, -0.15) is 0 Å². The maximum atomic E-state index is 13.2. The zero-order valence-electron chi connectivity index (χ0n) is 13.5. The number of hydrogen-bond acceptors (Lipinski definition) is 9. The van der Waals surface area contributed by atoms with Crippen LogP contribution in [0.3, 0.4) is 0 Å². The fourth-order valence-electron chi connectivity index (χ4n) is 2.11. The highest BCUT2D eigenvalue weighted by Crippen LogP contribution is 2.22. The molecule has 12 heteroatoms. The molecule has 27 heavy (non-hydrogen) atoms. The lowest BCUT2D eigenvalue weighted by molar-refractivity contribution is 0.298. The van der Waals surface area contributed by atoms with Crippen LogP contribution < -0.4 is 27.2 Å². The minimum absolute atomic E-state index is 0.0715. The van der Waals surface area contributed by atoms with Crippen LogP contribution in [0.5, 0.6) is 0 Å². The molecule has 0 bridgehead atoms. The number of nitrogen functional groups attached to an aromatic ring is 1. The SMILES string of the molecule is N=C(Nc1ccc(F)c(Cl)c1)c1nonc1SCCNc1c(N)c(=O)c1=O. The van der Waals surface area contributed by atoms with Crippen molar-refractivity contribution in [1.29, 1.82) is 5.41 Å². The van der Waals surface area contributed by atoms with E-state index in [2.05, 4.69) is 25.6 Å². The van der Waals surface area contributed by atoms with Gasteiger partial charge in [0.15, 0.2) is 16.6 Å². The zero-order valence-corrected chi connectivity index (χ0v) is 15.1. The van der Waals surface area contributed by atoms with Crippen LogP contribution in [0.25, 0.3) is 0 Å². The number of benzene rings is 1. The lowest BCUT2D eigenvalue weighted by Crippen LogP contribution is -2.37. The van der Waals surface area contributed by atoms with E-state index in [1.807, 2.05) is 0 Å². The summed E-state index contributed by atoms with van der Waals surface area (Å²) < 4.78 is 17.9. The highest BCUT2D eigenvalue weighted by Gasteiger charge is 2.18. The second-order valence-corrected chi connectivity index (χ2v) is 6.76. The first-order valence-electron chi connectivity index (χ1n) is 7.47. The Hall–Kier alpha value is -2.92. The lowest BCUT2D eigenvalue weighted by atomic mass is 10.2. The van der Waals surface area contributed by atoms with E-state index in [9.17, 15) is 14.0 Å². The topological polar surface area (TPSA) is 147 Å². The number of anilines is 3. The number of nitrogens with zero attached hydrogens (tertiary/aromatic N) is 2.